The molecule has 20 heavy (non-hydrogen) atoms. The van der Waals surface area contributed by atoms with Gasteiger partial charge in [-0.1, -0.05) is 32.6 Å². The summed E-state index contributed by atoms with van der Waals surface area (Å²) >= 11 is 0. The molecule has 0 spiro atoms. The fourth-order valence-corrected chi connectivity index (χ4v) is 0.880. The topological polar surface area (TPSA) is 98.0 Å². The standard InChI is InChI=1S/C8H16O2.3C2H6O.Zr/c1-2-3-4-5-6-7-8(9)10;3*1-2-3;/h2-7H2,1H3,(H,9,10);3*3H,2H2,1H3;. The van der Waals surface area contributed by atoms with Crippen molar-refractivity contribution >= 4 is 5.97 Å². The Kier molecular flexibility index (Phi) is 68.9. The Bertz CT molecular complexity index is 130. The van der Waals surface area contributed by atoms with E-state index in [-0.39, 0.29) is 46.0 Å². The van der Waals surface area contributed by atoms with Gasteiger partial charge in [-0.3, -0.25) is 4.79 Å². The van der Waals surface area contributed by atoms with Crippen LogP contribution in [-0.2, 0) is 31.0 Å². The largest absolute Gasteiger partial charge is 0.481 e. The van der Waals surface area contributed by atoms with Gasteiger partial charge in [0, 0.05) is 52.4 Å². The van der Waals surface area contributed by atoms with Crippen LogP contribution >= 0.6 is 0 Å². The predicted molar refractivity (Wildman–Crippen MR) is 79.3 cm³/mol. The second-order valence-corrected chi connectivity index (χ2v) is 3.51. The normalized spacial score (nSPS) is 7.55. The van der Waals surface area contributed by atoms with Gasteiger partial charge in [0.15, 0.2) is 0 Å². The van der Waals surface area contributed by atoms with Gasteiger partial charge in [-0.15, -0.1) is 0 Å². The number of aliphatic hydroxyl groups excluding tert-OH is 3. The summed E-state index contributed by atoms with van der Waals surface area (Å²) in [6.45, 7) is 7.94. The fraction of sp³-hybridized carbons (Fsp3) is 0.929. The monoisotopic (exact) mass is 372 g/mol. The first kappa shape index (κ1) is 32.3. The van der Waals surface area contributed by atoms with E-state index in [0.717, 1.165) is 12.8 Å². The molecule has 0 fully saturated rings. The van der Waals surface area contributed by atoms with Crippen LogP contribution in [0.15, 0.2) is 0 Å². The van der Waals surface area contributed by atoms with E-state index in [9.17, 15) is 4.79 Å². The van der Waals surface area contributed by atoms with Crippen LogP contribution in [0.5, 0.6) is 0 Å². The van der Waals surface area contributed by atoms with Gasteiger partial charge < -0.3 is 20.4 Å². The van der Waals surface area contributed by atoms with Crippen molar-refractivity contribution in [1.29, 1.82) is 0 Å². The molecule has 0 saturated heterocycles. The number of aliphatic carboxylic acids is 1. The van der Waals surface area contributed by atoms with Crippen LogP contribution in [0, 0.1) is 0 Å². The van der Waals surface area contributed by atoms with Crippen molar-refractivity contribution < 1.29 is 51.4 Å². The average molecular weight is 374 g/mol. The molecule has 0 radical (unpaired) electrons. The van der Waals surface area contributed by atoms with E-state index in [1.165, 1.54) is 19.3 Å². The summed E-state index contributed by atoms with van der Waals surface area (Å²) in [5, 5.41) is 31.0. The van der Waals surface area contributed by atoms with E-state index in [4.69, 9.17) is 20.4 Å². The molecule has 0 saturated carbocycles. The fourth-order valence-electron chi connectivity index (χ4n) is 0.880. The third kappa shape index (κ3) is 103. The Balaban J connectivity index is -0.0000000626. The average Bonchev–Trinajstić information content (AvgIpc) is 2.31. The summed E-state index contributed by atoms with van der Waals surface area (Å²) in [5.74, 6) is -0.670. The third-order valence-corrected chi connectivity index (χ3v) is 1.49. The maximum Gasteiger partial charge on any atom is 0.303 e. The smallest absolute Gasteiger partial charge is 0.303 e. The van der Waals surface area contributed by atoms with E-state index in [0.29, 0.717) is 6.42 Å². The summed E-state index contributed by atoms with van der Waals surface area (Å²) in [6, 6.07) is 0. The molecule has 0 heterocycles. The number of carbonyl (C=O) groups is 1. The number of carboxylic acid groups (broad SMARTS) is 1. The molecule has 0 aromatic heterocycles. The number of carboxylic acids is 1. The molecule has 0 rings (SSSR count). The maximum absolute atomic E-state index is 10.0. The molecule has 4 N–H and O–H groups in total. The molecule has 0 aliphatic carbocycles. The van der Waals surface area contributed by atoms with Crippen LogP contribution < -0.4 is 0 Å². The second-order valence-electron chi connectivity index (χ2n) is 3.51. The minimum atomic E-state index is -0.670. The molecule has 0 aromatic carbocycles. The molecule has 0 aliphatic rings. The number of hydrogen-bond donors (Lipinski definition) is 4. The van der Waals surface area contributed by atoms with Crippen LogP contribution in [-0.4, -0.2) is 46.2 Å². The van der Waals surface area contributed by atoms with Crippen molar-refractivity contribution in [2.24, 2.45) is 0 Å². The minimum absolute atomic E-state index is 0. The zero-order chi connectivity index (χ0) is 15.9. The summed E-state index contributed by atoms with van der Waals surface area (Å²) in [5.41, 5.74) is 0. The van der Waals surface area contributed by atoms with Crippen molar-refractivity contribution in [3.8, 4) is 0 Å². The molecule has 0 bridgehead atoms. The van der Waals surface area contributed by atoms with Gasteiger partial charge in [-0.05, 0) is 27.2 Å². The van der Waals surface area contributed by atoms with Gasteiger partial charge in [0.25, 0.3) is 0 Å². The summed E-state index contributed by atoms with van der Waals surface area (Å²) in [6.07, 6.45) is 5.88. The zero-order valence-corrected chi connectivity index (χ0v) is 16.0. The Morgan fingerprint density at radius 2 is 1.05 bits per heavy atom. The van der Waals surface area contributed by atoms with E-state index in [2.05, 4.69) is 6.92 Å². The Morgan fingerprint density at radius 3 is 1.30 bits per heavy atom. The molecule has 6 heteroatoms. The van der Waals surface area contributed by atoms with Crippen molar-refractivity contribution in [1.82, 2.24) is 0 Å². The molecule has 124 valence electrons. The van der Waals surface area contributed by atoms with Crippen LogP contribution in [0.25, 0.3) is 0 Å². The van der Waals surface area contributed by atoms with Gasteiger partial charge in [-0.2, -0.15) is 0 Å². The molecule has 0 amide bonds. The first-order valence-corrected chi connectivity index (χ1v) is 7.06. The molecular formula is C14H34O5Zr. The molecule has 0 unspecified atom stereocenters. The minimum Gasteiger partial charge on any atom is -0.481 e. The molecule has 0 aliphatic heterocycles. The Morgan fingerprint density at radius 1 is 0.750 bits per heavy atom. The quantitative estimate of drug-likeness (QED) is 0.536. The molecule has 0 aromatic rings. The zero-order valence-electron chi connectivity index (χ0n) is 13.6. The third-order valence-electron chi connectivity index (χ3n) is 1.49. The van der Waals surface area contributed by atoms with Crippen molar-refractivity contribution in [2.45, 2.75) is 66.2 Å². The van der Waals surface area contributed by atoms with Gasteiger partial charge in [0.2, 0.25) is 0 Å². The van der Waals surface area contributed by atoms with Crippen molar-refractivity contribution in [2.75, 3.05) is 19.8 Å². The Labute approximate surface area is 143 Å². The Hall–Kier alpha value is 0.233. The van der Waals surface area contributed by atoms with Gasteiger partial charge >= 0.3 is 5.97 Å². The SMILES string of the molecule is CCCCCCCC(=O)O.CCO.CCO.CCO.[Zr]. The van der Waals surface area contributed by atoms with Crippen molar-refractivity contribution in [3.63, 3.8) is 0 Å². The van der Waals surface area contributed by atoms with Gasteiger partial charge in [0.1, 0.15) is 0 Å². The number of unbranched alkanes of at least 4 members (excludes halogenated alkanes) is 4. The van der Waals surface area contributed by atoms with Crippen molar-refractivity contribution in [3.05, 3.63) is 0 Å². The van der Waals surface area contributed by atoms with Crippen LogP contribution in [0.4, 0.5) is 0 Å². The first-order chi connectivity index (χ1) is 9.01. The molecular weight excluding hydrogens is 339 g/mol. The predicted octanol–water partition coefficient (Wildman–Crippen LogP) is 2.42. The molecule has 5 nitrogen and oxygen atoms in total. The second kappa shape index (κ2) is 42.7. The van der Waals surface area contributed by atoms with E-state index < -0.39 is 5.97 Å². The van der Waals surface area contributed by atoms with Gasteiger partial charge in [0.05, 0.1) is 0 Å². The first-order valence-electron chi connectivity index (χ1n) is 7.06. The number of hydrogen-bond acceptors (Lipinski definition) is 4. The van der Waals surface area contributed by atoms with E-state index in [1.807, 2.05) is 0 Å². The van der Waals surface area contributed by atoms with E-state index in [1.54, 1.807) is 20.8 Å². The van der Waals surface area contributed by atoms with Crippen LogP contribution in [0.1, 0.15) is 66.2 Å². The van der Waals surface area contributed by atoms with Crippen LogP contribution in [0.2, 0.25) is 0 Å². The number of aliphatic hydroxyl groups is 3. The van der Waals surface area contributed by atoms with Crippen LogP contribution in [0.3, 0.4) is 0 Å². The van der Waals surface area contributed by atoms with E-state index >= 15 is 0 Å². The van der Waals surface area contributed by atoms with Gasteiger partial charge in [-0.25, -0.2) is 0 Å². The summed E-state index contributed by atoms with van der Waals surface area (Å²) in [4.78, 5) is 10.0. The summed E-state index contributed by atoms with van der Waals surface area (Å²) in [7, 11) is 0. The summed E-state index contributed by atoms with van der Waals surface area (Å²) < 4.78 is 0. The molecule has 0 atom stereocenters. The maximum atomic E-state index is 10.0. The number of rotatable bonds is 6.